The van der Waals surface area contributed by atoms with Crippen molar-refractivity contribution in [2.45, 2.75) is 39.0 Å². The van der Waals surface area contributed by atoms with Crippen LogP contribution in [0.15, 0.2) is 84.2 Å². The molecule has 3 aromatic carbocycles. The summed E-state index contributed by atoms with van der Waals surface area (Å²) in [5.41, 5.74) is 5.53. The molecule has 17 nitrogen and oxygen atoms in total. The minimum Gasteiger partial charge on any atom is -0.478 e. The number of carbonyl (C=O) groups excluding carboxylic acids is 1. The molecular formula is C37H26F6N10O7. The summed E-state index contributed by atoms with van der Waals surface area (Å²) in [5, 5.41) is 46.2. The van der Waals surface area contributed by atoms with E-state index in [0.717, 1.165) is 22.9 Å². The van der Waals surface area contributed by atoms with Gasteiger partial charge in [0, 0.05) is 22.6 Å². The molecule has 0 spiro atoms. The summed E-state index contributed by atoms with van der Waals surface area (Å²) in [6, 6.07) is 12.6. The highest BCUT2D eigenvalue weighted by molar-refractivity contribution is 5.98. The Hall–Kier alpha value is -7.94. The molecule has 3 N–H and O–H groups in total. The summed E-state index contributed by atoms with van der Waals surface area (Å²) >= 11 is 0. The van der Waals surface area contributed by atoms with Crippen molar-refractivity contribution >= 4 is 29.4 Å². The minimum absolute atomic E-state index is 0.0911. The number of hydrogen-bond donors (Lipinski definition) is 3. The summed E-state index contributed by atoms with van der Waals surface area (Å²) in [4.78, 5) is 53.0. The predicted molar refractivity (Wildman–Crippen MR) is 195 cm³/mol. The number of pyridine rings is 1. The van der Waals surface area contributed by atoms with Crippen LogP contribution in [0.2, 0.25) is 0 Å². The number of aryl methyl sites for hydroxylation is 1. The van der Waals surface area contributed by atoms with Crippen LogP contribution in [-0.4, -0.2) is 74.0 Å². The number of hydrogen-bond acceptors (Lipinski definition) is 10. The summed E-state index contributed by atoms with van der Waals surface area (Å²) in [7, 11) is 0. The maximum Gasteiger partial charge on any atom is 0.417 e. The molecule has 3 heterocycles. The Balaban J connectivity index is 0.000000359. The molecule has 6 aromatic rings. The summed E-state index contributed by atoms with van der Waals surface area (Å²) in [6.45, 7) is 3.50. The van der Waals surface area contributed by atoms with Crippen molar-refractivity contribution in [2.24, 2.45) is 5.11 Å². The van der Waals surface area contributed by atoms with Gasteiger partial charge < -0.3 is 15.3 Å². The Bertz CT molecular complexity index is 2700. The summed E-state index contributed by atoms with van der Waals surface area (Å²) in [5.74, 6) is -4.66. The van der Waals surface area contributed by atoms with E-state index in [9.17, 15) is 55.7 Å². The molecule has 3 aromatic heterocycles. The highest BCUT2D eigenvalue weighted by Crippen LogP contribution is 2.35. The Morgan fingerprint density at radius 3 is 1.60 bits per heavy atom. The fourth-order valence-corrected chi connectivity index (χ4v) is 5.53. The number of azide groups is 1. The highest BCUT2D eigenvalue weighted by Gasteiger charge is 2.36. The van der Waals surface area contributed by atoms with E-state index >= 15 is 0 Å². The lowest BCUT2D eigenvalue weighted by molar-refractivity contribution is -0.138. The van der Waals surface area contributed by atoms with Gasteiger partial charge in [-0.3, -0.25) is 4.79 Å². The largest absolute Gasteiger partial charge is 0.478 e. The topological polar surface area (TPSA) is 252 Å². The number of benzene rings is 3. The lowest BCUT2D eigenvalue weighted by atomic mass is 10.0. The van der Waals surface area contributed by atoms with Gasteiger partial charge in [0.1, 0.15) is 11.4 Å². The molecule has 60 heavy (non-hydrogen) atoms. The number of carboxylic acids is 3. The van der Waals surface area contributed by atoms with Gasteiger partial charge in [-0.25, -0.2) is 28.7 Å². The van der Waals surface area contributed by atoms with E-state index < -0.39 is 52.5 Å². The monoisotopic (exact) mass is 836 g/mol. The molecule has 0 atom stereocenters. The first kappa shape index (κ1) is 43.2. The molecule has 23 heteroatoms. The number of rotatable bonds is 11. The van der Waals surface area contributed by atoms with Crippen LogP contribution in [0, 0.1) is 6.92 Å². The van der Waals surface area contributed by atoms with Gasteiger partial charge in [0.25, 0.3) is 0 Å². The molecule has 0 aliphatic carbocycles. The van der Waals surface area contributed by atoms with Gasteiger partial charge in [-0.05, 0) is 85.1 Å². The van der Waals surface area contributed by atoms with E-state index in [0.29, 0.717) is 35.4 Å². The molecule has 0 aliphatic heterocycles. The fourth-order valence-electron chi connectivity index (χ4n) is 5.53. The second-order valence-corrected chi connectivity index (χ2v) is 12.5. The van der Waals surface area contributed by atoms with Crippen molar-refractivity contribution in [3.63, 3.8) is 0 Å². The standard InChI is InChI=1S/C29H22F3N7O5.C8H4F3N3O2/c1-3-4-26(40)16-10-22(24-13-38(36-34-24)17-5-7-19(27(41)42)15(2)9-17)33-23(11-16)25-14-39(37-35-25)18-6-8-20(28(43)44)21(12-18)29(30,31)32;9-8(10,11)6-3-4(13-14-12)1-2-5(6)7(15)16/h5-14H,3-4H2,1-2H3,(H,41,42)(H,43,44);1-3H,(H,15,16). The maximum absolute atomic E-state index is 13.6. The van der Waals surface area contributed by atoms with Gasteiger partial charge in [-0.15, -0.1) is 10.2 Å². The molecule has 308 valence electrons. The third-order valence-electron chi connectivity index (χ3n) is 8.34. The number of carbonyl (C=O) groups is 4. The molecular weight excluding hydrogens is 810 g/mol. The van der Waals surface area contributed by atoms with E-state index in [1.807, 2.05) is 6.92 Å². The molecule has 0 fully saturated rings. The summed E-state index contributed by atoms with van der Waals surface area (Å²) in [6.07, 6.45) is -6.05. The van der Waals surface area contributed by atoms with Gasteiger partial charge in [0.05, 0.1) is 63.0 Å². The van der Waals surface area contributed by atoms with E-state index in [4.69, 9.17) is 10.6 Å². The number of halogens is 6. The third-order valence-corrected chi connectivity index (χ3v) is 8.34. The Morgan fingerprint density at radius 2 is 1.15 bits per heavy atom. The average molecular weight is 837 g/mol. The highest BCUT2D eigenvalue weighted by atomic mass is 19.4. The van der Waals surface area contributed by atoms with Crippen LogP contribution in [0.1, 0.15) is 77.9 Å². The smallest absolute Gasteiger partial charge is 0.417 e. The lowest BCUT2D eigenvalue weighted by Gasteiger charge is -2.11. The first-order valence-electron chi connectivity index (χ1n) is 16.9. The van der Waals surface area contributed by atoms with Crippen LogP contribution in [0.5, 0.6) is 0 Å². The van der Waals surface area contributed by atoms with Gasteiger partial charge >= 0.3 is 30.3 Å². The first-order valence-corrected chi connectivity index (χ1v) is 16.9. The molecule has 0 saturated carbocycles. The first-order chi connectivity index (χ1) is 28.2. The van der Waals surface area contributed by atoms with Crippen LogP contribution >= 0.6 is 0 Å². The van der Waals surface area contributed by atoms with Gasteiger partial charge in [0.15, 0.2) is 5.78 Å². The summed E-state index contributed by atoms with van der Waals surface area (Å²) < 4.78 is 80.4. The predicted octanol–water partition coefficient (Wildman–Crippen LogP) is 8.63. The average Bonchev–Trinajstić information content (AvgIpc) is 3.89. The number of Topliss-reactive ketones (excluding diaryl/α,β-unsaturated/α-hetero) is 1. The van der Waals surface area contributed by atoms with Crippen LogP contribution in [0.4, 0.5) is 32.0 Å². The van der Waals surface area contributed by atoms with Crippen LogP contribution in [0.25, 0.3) is 44.6 Å². The maximum atomic E-state index is 13.6. The lowest BCUT2D eigenvalue weighted by Crippen LogP contribution is -2.14. The molecule has 0 unspecified atom stereocenters. The second kappa shape index (κ2) is 17.3. The molecule has 0 saturated heterocycles. The fraction of sp³-hybridized carbons (Fsp3) is 0.162. The second-order valence-electron chi connectivity index (χ2n) is 12.5. The third kappa shape index (κ3) is 9.77. The zero-order valence-electron chi connectivity index (χ0n) is 30.6. The zero-order chi connectivity index (χ0) is 44.1. The van der Waals surface area contributed by atoms with Crippen molar-refractivity contribution in [1.29, 1.82) is 0 Å². The number of aromatic carboxylic acids is 3. The quantitative estimate of drug-likeness (QED) is 0.0364. The van der Waals surface area contributed by atoms with Gasteiger partial charge in [-0.1, -0.05) is 28.5 Å². The minimum atomic E-state index is -4.92. The Morgan fingerprint density at radius 1 is 0.683 bits per heavy atom. The molecule has 0 radical (unpaired) electrons. The van der Waals surface area contributed by atoms with Crippen LogP contribution < -0.4 is 0 Å². The molecule has 0 amide bonds. The number of carboxylic acid groups (broad SMARTS) is 3. The molecule has 0 aliphatic rings. The van der Waals surface area contributed by atoms with Crippen molar-refractivity contribution < 1.29 is 60.8 Å². The number of ketones is 1. The number of aromatic nitrogens is 7. The van der Waals surface area contributed by atoms with E-state index in [1.165, 1.54) is 29.1 Å². The number of nitrogens with zero attached hydrogens (tertiary/aromatic N) is 10. The Labute approximate surface area is 331 Å². The Kier molecular flexibility index (Phi) is 12.4. The van der Waals surface area contributed by atoms with E-state index in [-0.39, 0.29) is 51.9 Å². The van der Waals surface area contributed by atoms with E-state index in [2.05, 4.69) is 35.6 Å². The van der Waals surface area contributed by atoms with Crippen molar-refractivity contribution in [2.75, 3.05) is 0 Å². The van der Waals surface area contributed by atoms with Gasteiger partial charge in [0.2, 0.25) is 0 Å². The SMILES string of the molecule is CCCC(=O)c1cc(-c2cn(-c3ccc(C(=O)O)c(C)c3)nn2)nc(-c2cn(-c3ccc(C(=O)O)c(C(F)(F)F)c3)nn2)c1.[N-]=[N+]=Nc1ccc(C(=O)O)c(C(F)(F)F)c1. The normalized spacial score (nSPS) is 11.3. The van der Waals surface area contributed by atoms with E-state index in [1.54, 1.807) is 31.3 Å². The van der Waals surface area contributed by atoms with Gasteiger partial charge in [-0.2, -0.15) is 26.3 Å². The van der Waals surface area contributed by atoms with Crippen LogP contribution in [-0.2, 0) is 12.4 Å². The molecule has 0 bridgehead atoms. The van der Waals surface area contributed by atoms with Crippen molar-refractivity contribution in [3.8, 4) is 34.2 Å². The number of alkyl halides is 6. The van der Waals surface area contributed by atoms with Crippen molar-refractivity contribution in [3.05, 3.63) is 129 Å². The van der Waals surface area contributed by atoms with Crippen LogP contribution in [0.3, 0.4) is 0 Å². The zero-order valence-corrected chi connectivity index (χ0v) is 30.6. The molecule has 6 rings (SSSR count). The van der Waals surface area contributed by atoms with Crippen molar-refractivity contribution in [1.82, 2.24) is 35.0 Å².